The molecule has 0 saturated carbocycles. The number of hydrogen-bond donors (Lipinski definition) is 1. The Morgan fingerprint density at radius 3 is 2.35 bits per heavy atom. The predicted octanol–water partition coefficient (Wildman–Crippen LogP) is 1.98. The van der Waals surface area contributed by atoms with Crippen molar-refractivity contribution in [1.82, 2.24) is 5.32 Å². The van der Waals surface area contributed by atoms with E-state index in [9.17, 15) is 4.79 Å². The van der Waals surface area contributed by atoms with Gasteiger partial charge in [0.25, 0.3) is 0 Å². The molecule has 4 heteroatoms. The maximum absolute atomic E-state index is 11.7. The summed E-state index contributed by atoms with van der Waals surface area (Å²) in [4.78, 5) is 11.7. The van der Waals surface area contributed by atoms with Crippen molar-refractivity contribution in [3.63, 3.8) is 0 Å². The fourth-order valence-corrected chi connectivity index (χ4v) is 1.69. The van der Waals surface area contributed by atoms with E-state index >= 15 is 0 Å². The first-order valence-corrected chi connectivity index (χ1v) is 6.39. The van der Waals surface area contributed by atoms with Crippen molar-refractivity contribution >= 4 is 5.97 Å². The molecule has 2 unspecified atom stereocenters. The van der Waals surface area contributed by atoms with Gasteiger partial charge in [0.05, 0.1) is 13.7 Å². The van der Waals surface area contributed by atoms with Crippen molar-refractivity contribution in [2.75, 3.05) is 20.8 Å². The standard InChI is InChI=1S/C13H27NO3/c1-6-7-8-11(13(15)17-5)14-12(9-16-4)10(2)3/h10-12,14H,6-9H2,1-5H3. The van der Waals surface area contributed by atoms with Crippen molar-refractivity contribution in [2.45, 2.75) is 52.1 Å². The van der Waals surface area contributed by atoms with Crippen LogP contribution in [0.2, 0.25) is 0 Å². The second-order valence-electron chi connectivity index (χ2n) is 4.69. The molecule has 0 aliphatic heterocycles. The number of unbranched alkanes of at least 4 members (excludes halogenated alkanes) is 1. The summed E-state index contributed by atoms with van der Waals surface area (Å²) in [6.07, 6.45) is 2.91. The topological polar surface area (TPSA) is 47.6 Å². The van der Waals surface area contributed by atoms with Crippen LogP contribution in [-0.4, -0.2) is 38.9 Å². The molecule has 17 heavy (non-hydrogen) atoms. The van der Waals surface area contributed by atoms with Crippen molar-refractivity contribution in [3.8, 4) is 0 Å². The molecule has 0 bridgehead atoms. The van der Waals surface area contributed by atoms with Crippen LogP contribution in [0.5, 0.6) is 0 Å². The minimum Gasteiger partial charge on any atom is -0.468 e. The summed E-state index contributed by atoms with van der Waals surface area (Å²) >= 11 is 0. The lowest BCUT2D eigenvalue weighted by Gasteiger charge is -2.26. The molecule has 0 aromatic heterocycles. The van der Waals surface area contributed by atoms with Crippen LogP contribution in [0.15, 0.2) is 0 Å². The SMILES string of the molecule is CCCCC(NC(COC)C(C)C)C(=O)OC. The zero-order valence-electron chi connectivity index (χ0n) is 11.8. The zero-order chi connectivity index (χ0) is 13.3. The number of esters is 1. The number of methoxy groups -OCH3 is 2. The van der Waals surface area contributed by atoms with Crippen LogP contribution in [0.3, 0.4) is 0 Å². The quantitative estimate of drug-likeness (QED) is 0.631. The van der Waals surface area contributed by atoms with E-state index in [-0.39, 0.29) is 18.1 Å². The van der Waals surface area contributed by atoms with Gasteiger partial charge in [-0.15, -0.1) is 0 Å². The second kappa shape index (κ2) is 9.42. The first-order chi connectivity index (χ1) is 8.06. The molecule has 0 radical (unpaired) electrons. The molecule has 0 rings (SSSR count). The average molecular weight is 245 g/mol. The number of carbonyl (C=O) groups excluding carboxylic acids is 1. The predicted molar refractivity (Wildman–Crippen MR) is 69.0 cm³/mol. The Balaban J connectivity index is 4.40. The molecule has 0 saturated heterocycles. The van der Waals surface area contributed by atoms with Crippen LogP contribution >= 0.6 is 0 Å². The lowest BCUT2D eigenvalue weighted by molar-refractivity contribution is -0.143. The van der Waals surface area contributed by atoms with Crippen molar-refractivity contribution < 1.29 is 14.3 Å². The Morgan fingerprint density at radius 2 is 1.94 bits per heavy atom. The van der Waals surface area contributed by atoms with E-state index in [1.807, 2.05) is 0 Å². The highest BCUT2D eigenvalue weighted by atomic mass is 16.5. The maximum atomic E-state index is 11.7. The van der Waals surface area contributed by atoms with E-state index in [1.165, 1.54) is 7.11 Å². The van der Waals surface area contributed by atoms with E-state index in [4.69, 9.17) is 9.47 Å². The molecule has 0 amide bonds. The third-order valence-electron chi connectivity index (χ3n) is 2.90. The van der Waals surface area contributed by atoms with Gasteiger partial charge in [0.2, 0.25) is 0 Å². The number of carbonyl (C=O) groups is 1. The van der Waals surface area contributed by atoms with E-state index < -0.39 is 0 Å². The molecule has 0 fully saturated rings. The molecule has 102 valence electrons. The lowest BCUT2D eigenvalue weighted by atomic mass is 10.0. The molecular weight excluding hydrogens is 218 g/mol. The summed E-state index contributed by atoms with van der Waals surface area (Å²) in [5.74, 6) is 0.240. The molecule has 2 atom stereocenters. The first-order valence-electron chi connectivity index (χ1n) is 6.39. The highest BCUT2D eigenvalue weighted by Gasteiger charge is 2.23. The van der Waals surface area contributed by atoms with Gasteiger partial charge in [-0.3, -0.25) is 10.1 Å². The molecule has 0 spiro atoms. The molecule has 1 N–H and O–H groups in total. The molecule has 4 nitrogen and oxygen atoms in total. The third kappa shape index (κ3) is 6.64. The smallest absolute Gasteiger partial charge is 0.322 e. The Labute approximate surface area is 105 Å². The summed E-state index contributed by atoms with van der Waals surface area (Å²) in [7, 11) is 3.11. The highest BCUT2D eigenvalue weighted by Crippen LogP contribution is 2.08. The first kappa shape index (κ1) is 16.4. The Bertz CT molecular complexity index is 207. The Hall–Kier alpha value is -0.610. The highest BCUT2D eigenvalue weighted by molar-refractivity contribution is 5.75. The number of ether oxygens (including phenoxy) is 2. The van der Waals surface area contributed by atoms with Crippen molar-refractivity contribution in [3.05, 3.63) is 0 Å². The lowest BCUT2D eigenvalue weighted by Crippen LogP contribution is -2.48. The third-order valence-corrected chi connectivity index (χ3v) is 2.90. The van der Waals surface area contributed by atoms with Crippen molar-refractivity contribution in [2.24, 2.45) is 5.92 Å². The van der Waals surface area contributed by atoms with Crippen LogP contribution in [0.25, 0.3) is 0 Å². The van der Waals surface area contributed by atoms with Crippen LogP contribution in [-0.2, 0) is 14.3 Å². The van der Waals surface area contributed by atoms with E-state index in [0.717, 1.165) is 19.3 Å². The van der Waals surface area contributed by atoms with Crippen molar-refractivity contribution in [1.29, 1.82) is 0 Å². The maximum Gasteiger partial charge on any atom is 0.322 e. The number of rotatable bonds is 9. The van der Waals surface area contributed by atoms with Gasteiger partial charge in [0.15, 0.2) is 0 Å². The summed E-state index contributed by atoms with van der Waals surface area (Å²) in [6.45, 7) is 6.95. The Kier molecular flexibility index (Phi) is 9.09. The summed E-state index contributed by atoms with van der Waals surface area (Å²) in [5.41, 5.74) is 0. The summed E-state index contributed by atoms with van der Waals surface area (Å²) < 4.78 is 10.00. The fraction of sp³-hybridized carbons (Fsp3) is 0.923. The molecule has 0 aromatic carbocycles. The second-order valence-corrected chi connectivity index (χ2v) is 4.69. The van der Waals surface area contributed by atoms with Gasteiger partial charge in [-0.1, -0.05) is 33.6 Å². The summed E-state index contributed by atoms with van der Waals surface area (Å²) in [5, 5.41) is 3.34. The van der Waals surface area contributed by atoms with Crippen LogP contribution < -0.4 is 5.32 Å². The molecule has 0 aromatic rings. The number of hydrogen-bond acceptors (Lipinski definition) is 4. The van der Waals surface area contributed by atoms with E-state index in [1.54, 1.807) is 7.11 Å². The fourth-order valence-electron chi connectivity index (χ4n) is 1.69. The van der Waals surface area contributed by atoms with Gasteiger partial charge in [-0.2, -0.15) is 0 Å². The van der Waals surface area contributed by atoms with Gasteiger partial charge < -0.3 is 9.47 Å². The van der Waals surface area contributed by atoms with Gasteiger partial charge in [0, 0.05) is 13.2 Å². The average Bonchev–Trinajstić information content (AvgIpc) is 2.31. The molecule has 0 heterocycles. The van der Waals surface area contributed by atoms with Gasteiger partial charge in [-0.25, -0.2) is 0 Å². The molecule has 0 aliphatic rings. The minimum absolute atomic E-state index is 0.180. The van der Waals surface area contributed by atoms with E-state index in [2.05, 4.69) is 26.1 Å². The molecular formula is C13H27NO3. The van der Waals surface area contributed by atoms with Gasteiger partial charge in [-0.05, 0) is 12.3 Å². The van der Waals surface area contributed by atoms with Gasteiger partial charge in [0.1, 0.15) is 6.04 Å². The number of nitrogens with one attached hydrogen (secondary N) is 1. The van der Waals surface area contributed by atoms with Gasteiger partial charge >= 0.3 is 5.97 Å². The van der Waals surface area contributed by atoms with Crippen LogP contribution in [0.1, 0.15) is 40.0 Å². The van der Waals surface area contributed by atoms with Crippen LogP contribution in [0, 0.1) is 5.92 Å². The Morgan fingerprint density at radius 1 is 1.29 bits per heavy atom. The van der Waals surface area contributed by atoms with E-state index in [0.29, 0.717) is 12.5 Å². The monoisotopic (exact) mass is 245 g/mol. The molecule has 0 aliphatic carbocycles. The minimum atomic E-state index is -0.220. The largest absolute Gasteiger partial charge is 0.468 e. The normalized spacial score (nSPS) is 14.7. The van der Waals surface area contributed by atoms with Crippen LogP contribution in [0.4, 0.5) is 0 Å². The summed E-state index contributed by atoms with van der Waals surface area (Å²) in [6, 6.07) is -0.0385. The zero-order valence-corrected chi connectivity index (χ0v) is 11.8.